The Kier molecular flexibility index (Phi) is 6.15. The van der Waals surface area contributed by atoms with E-state index in [1.165, 1.54) is 6.04 Å². The van der Waals surface area contributed by atoms with E-state index in [2.05, 4.69) is 51.4 Å². The van der Waals surface area contributed by atoms with Crippen molar-refractivity contribution in [3.63, 3.8) is 0 Å². The van der Waals surface area contributed by atoms with Gasteiger partial charge < -0.3 is 4.57 Å². The van der Waals surface area contributed by atoms with Gasteiger partial charge in [-0.2, -0.15) is 5.26 Å². The average molecular weight is 226 g/mol. The summed E-state index contributed by atoms with van der Waals surface area (Å²) in [6, 6.07) is 4.71. The Morgan fingerprint density at radius 2 is 1.60 bits per heavy atom. The van der Waals surface area contributed by atoms with Crippen LogP contribution in [0.2, 0.25) is 19.1 Å². The monoisotopic (exact) mass is 226 g/mol. The summed E-state index contributed by atoms with van der Waals surface area (Å²) < 4.78 is 2.67. The first-order valence-electron chi connectivity index (χ1n) is 5.98. The summed E-state index contributed by atoms with van der Waals surface area (Å²) >= 11 is 0. The van der Waals surface area contributed by atoms with Crippen molar-refractivity contribution in [2.45, 2.75) is 71.8 Å². The summed E-state index contributed by atoms with van der Waals surface area (Å²) in [7, 11) is -1.31. The molecule has 0 aliphatic rings. The van der Waals surface area contributed by atoms with Crippen LogP contribution >= 0.6 is 0 Å². The molecule has 0 rings (SSSR count). The van der Waals surface area contributed by atoms with Gasteiger partial charge in [-0.3, -0.25) is 0 Å². The van der Waals surface area contributed by atoms with E-state index in [1.807, 2.05) is 0 Å². The quantitative estimate of drug-likeness (QED) is 0.511. The number of unbranched alkanes of at least 4 members (excludes halogenated alkanes) is 1. The fourth-order valence-corrected chi connectivity index (χ4v) is 6.82. The maximum Gasteiger partial charge on any atom is 0.122 e. The van der Waals surface area contributed by atoms with E-state index in [1.54, 1.807) is 0 Å². The van der Waals surface area contributed by atoms with Crippen LogP contribution in [0, 0.1) is 11.3 Å². The summed E-state index contributed by atoms with van der Waals surface area (Å²) in [4.78, 5) is 0. The van der Waals surface area contributed by atoms with Gasteiger partial charge in [0.25, 0.3) is 0 Å². The number of nitrogens with zero attached hydrogens (tertiary/aromatic N) is 2. The molecule has 0 heterocycles. The second kappa shape index (κ2) is 6.29. The molecule has 0 atom stereocenters. The highest BCUT2D eigenvalue weighted by Gasteiger charge is 2.32. The Bertz CT molecular complexity index is 208. The van der Waals surface area contributed by atoms with Gasteiger partial charge in [0, 0.05) is 6.42 Å². The molecule has 2 nitrogen and oxygen atoms in total. The predicted octanol–water partition coefficient (Wildman–Crippen LogP) is 3.61. The molecule has 15 heavy (non-hydrogen) atoms. The van der Waals surface area contributed by atoms with Crippen LogP contribution in [0.4, 0.5) is 0 Å². The van der Waals surface area contributed by atoms with Crippen LogP contribution in [0.25, 0.3) is 0 Å². The normalized spacial score (nSPS) is 12.5. The summed E-state index contributed by atoms with van der Waals surface area (Å²) in [5, 5.41) is 8.57. The van der Waals surface area contributed by atoms with E-state index in [0.29, 0.717) is 18.5 Å². The van der Waals surface area contributed by atoms with Crippen LogP contribution in [0.15, 0.2) is 0 Å². The van der Waals surface area contributed by atoms with Crippen LogP contribution in [0.1, 0.15) is 40.5 Å². The Balaban J connectivity index is 4.44. The van der Waals surface area contributed by atoms with Crippen LogP contribution in [-0.2, 0) is 0 Å². The average Bonchev–Trinajstić information content (AvgIpc) is 2.01. The van der Waals surface area contributed by atoms with E-state index < -0.39 is 8.24 Å². The molecule has 0 radical (unpaired) electrons. The lowest BCUT2D eigenvalue weighted by atomic mass is 10.3. The minimum atomic E-state index is -1.31. The first kappa shape index (κ1) is 14.7. The van der Waals surface area contributed by atoms with E-state index in [-0.39, 0.29) is 0 Å². The van der Waals surface area contributed by atoms with Crippen molar-refractivity contribution in [1.82, 2.24) is 4.57 Å². The highest BCUT2D eigenvalue weighted by Crippen LogP contribution is 2.23. The minimum absolute atomic E-state index is 0.619. The molecule has 0 aliphatic heterocycles. The summed E-state index contributed by atoms with van der Waals surface area (Å²) in [6.45, 7) is 13.9. The molecule has 3 heteroatoms. The van der Waals surface area contributed by atoms with Gasteiger partial charge in [0.15, 0.2) is 0 Å². The lowest BCUT2D eigenvalue weighted by molar-refractivity contribution is 0.293. The lowest BCUT2D eigenvalue weighted by Gasteiger charge is -2.43. The standard InChI is InChI=1S/C12H26N2Si/c1-11(2)14(12(3)4)15(5,6)10-8-7-9-13/h11-12H,7-8,10H2,1-6H3. The van der Waals surface area contributed by atoms with Crippen molar-refractivity contribution < 1.29 is 0 Å². The van der Waals surface area contributed by atoms with Gasteiger partial charge in [0.2, 0.25) is 0 Å². The van der Waals surface area contributed by atoms with Crippen LogP contribution in [0.3, 0.4) is 0 Å². The zero-order chi connectivity index (χ0) is 12.1. The van der Waals surface area contributed by atoms with Gasteiger partial charge in [-0.05, 0) is 24.5 Å². The molecule has 0 bridgehead atoms. The highest BCUT2D eigenvalue weighted by molar-refractivity contribution is 6.74. The molecule has 0 unspecified atom stereocenters. The Labute approximate surface area is 96.4 Å². The van der Waals surface area contributed by atoms with Crippen LogP contribution in [0.5, 0.6) is 0 Å². The van der Waals surface area contributed by atoms with E-state index >= 15 is 0 Å². The van der Waals surface area contributed by atoms with Gasteiger partial charge >= 0.3 is 0 Å². The van der Waals surface area contributed by atoms with Crippen molar-refractivity contribution in [3.05, 3.63) is 0 Å². The van der Waals surface area contributed by atoms with Gasteiger partial charge in [-0.25, -0.2) is 0 Å². The van der Waals surface area contributed by atoms with Crippen LogP contribution < -0.4 is 0 Å². The highest BCUT2D eigenvalue weighted by atomic mass is 28.3. The fraction of sp³-hybridized carbons (Fsp3) is 0.917. The zero-order valence-electron chi connectivity index (χ0n) is 11.2. The smallest absolute Gasteiger partial charge is 0.122 e. The molecule has 0 saturated heterocycles. The lowest BCUT2D eigenvalue weighted by Crippen LogP contribution is -2.55. The van der Waals surface area contributed by atoms with Gasteiger partial charge in [-0.15, -0.1) is 0 Å². The molecule has 0 aromatic heterocycles. The third-order valence-electron chi connectivity index (χ3n) is 2.89. The van der Waals surface area contributed by atoms with Crippen molar-refractivity contribution in [1.29, 1.82) is 5.26 Å². The van der Waals surface area contributed by atoms with Crippen molar-refractivity contribution >= 4 is 8.24 Å². The fourth-order valence-electron chi connectivity index (χ4n) is 2.72. The number of nitriles is 1. The molecule has 0 N–H and O–H groups in total. The van der Waals surface area contributed by atoms with Crippen molar-refractivity contribution in [2.24, 2.45) is 0 Å². The third-order valence-corrected chi connectivity index (χ3v) is 6.90. The molecular weight excluding hydrogens is 200 g/mol. The predicted molar refractivity (Wildman–Crippen MR) is 69.2 cm³/mol. The number of hydrogen-bond acceptors (Lipinski definition) is 2. The molecule has 88 valence electrons. The molecular formula is C12H26N2Si. The maximum absolute atomic E-state index is 8.57. The Hall–Kier alpha value is -0.333. The van der Waals surface area contributed by atoms with Gasteiger partial charge in [0.05, 0.1) is 6.07 Å². The second-order valence-electron chi connectivity index (χ2n) is 5.42. The molecule has 0 spiro atoms. The maximum atomic E-state index is 8.57. The van der Waals surface area contributed by atoms with E-state index in [0.717, 1.165) is 6.42 Å². The SMILES string of the molecule is CC(C)N(C(C)C)[Si](C)(C)CCCC#N. The molecule has 0 aliphatic carbocycles. The topological polar surface area (TPSA) is 27.0 Å². The molecule has 0 aromatic rings. The third kappa shape index (κ3) is 4.81. The first-order chi connectivity index (χ1) is 6.83. The van der Waals surface area contributed by atoms with Crippen molar-refractivity contribution in [2.75, 3.05) is 0 Å². The van der Waals surface area contributed by atoms with E-state index in [4.69, 9.17) is 5.26 Å². The van der Waals surface area contributed by atoms with Gasteiger partial charge in [-0.1, -0.05) is 40.8 Å². The van der Waals surface area contributed by atoms with E-state index in [9.17, 15) is 0 Å². The van der Waals surface area contributed by atoms with Crippen LogP contribution in [-0.4, -0.2) is 24.9 Å². The van der Waals surface area contributed by atoms with Gasteiger partial charge in [0.1, 0.15) is 8.24 Å². The Morgan fingerprint density at radius 3 is 1.93 bits per heavy atom. The molecule has 0 aromatic carbocycles. The first-order valence-corrected chi connectivity index (χ1v) is 9.13. The number of hydrogen-bond donors (Lipinski definition) is 0. The molecule has 0 amide bonds. The summed E-state index contributed by atoms with van der Waals surface area (Å²) in [6.07, 6.45) is 1.77. The Morgan fingerprint density at radius 1 is 1.13 bits per heavy atom. The number of rotatable bonds is 6. The minimum Gasteiger partial charge on any atom is -0.319 e. The zero-order valence-corrected chi connectivity index (χ0v) is 12.2. The largest absolute Gasteiger partial charge is 0.319 e. The molecule has 0 saturated carbocycles. The summed E-state index contributed by atoms with van der Waals surface area (Å²) in [5.41, 5.74) is 0. The second-order valence-corrected chi connectivity index (χ2v) is 10.1. The summed E-state index contributed by atoms with van der Waals surface area (Å²) in [5.74, 6) is 0. The molecule has 0 fully saturated rings. The van der Waals surface area contributed by atoms with Crippen molar-refractivity contribution in [3.8, 4) is 6.07 Å².